The second-order valence-electron chi connectivity index (χ2n) is 5.06. The Morgan fingerprint density at radius 1 is 1.50 bits per heavy atom. The van der Waals surface area contributed by atoms with Crippen molar-refractivity contribution >= 4 is 5.91 Å². The molecule has 1 aromatic heterocycles. The van der Waals surface area contributed by atoms with Gasteiger partial charge in [0.05, 0.1) is 25.8 Å². The van der Waals surface area contributed by atoms with Gasteiger partial charge in [0.25, 0.3) is 0 Å². The molecule has 7 nitrogen and oxygen atoms in total. The Hall–Kier alpha value is -1.47. The first kappa shape index (κ1) is 14.9. The molecule has 0 saturated carbocycles. The van der Waals surface area contributed by atoms with Crippen LogP contribution in [0.25, 0.3) is 0 Å². The molecule has 0 bridgehead atoms. The maximum absolute atomic E-state index is 12.0. The topological polar surface area (TPSA) is 72.3 Å². The van der Waals surface area contributed by atoms with Crippen molar-refractivity contribution in [3.63, 3.8) is 0 Å². The van der Waals surface area contributed by atoms with Crippen LogP contribution in [0.4, 0.5) is 0 Å². The van der Waals surface area contributed by atoms with E-state index in [2.05, 4.69) is 27.3 Å². The summed E-state index contributed by atoms with van der Waals surface area (Å²) in [4.78, 5) is 14.1. The lowest BCUT2D eigenvalue weighted by molar-refractivity contribution is -0.123. The summed E-state index contributed by atoms with van der Waals surface area (Å²) in [5.74, 6) is 0.827. The minimum Gasteiger partial charge on any atom is -0.379 e. The summed E-state index contributed by atoms with van der Waals surface area (Å²) in [6, 6.07) is -0.127. The zero-order valence-corrected chi connectivity index (χ0v) is 12.2. The van der Waals surface area contributed by atoms with Gasteiger partial charge in [-0.05, 0) is 13.3 Å². The molecule has 1 aromatic rings. The molecule has 1 fully saturated rings. The predicted octanol–water partition coefficient (Wildman–Crippen LogP) is 0.198. The van der Waals surface area contributed by atoms with Gasteiger partial charge >= 0.3 is 0 Å². The monoisotopic (exact) mass is 281 g/mol. The van der Waals surface area contributed by atoms with Crippen LogP contribution in [0.2, 0.25) is 0 Å². The Balaban J connectivity index is 1.84. The molecular formula is C13H23N5O2. The molecule has 1 aliphatic rings. The average Bonchev–Trinajstić information content (AvgIpc) is 2.88. The molecule has 7 heteroatoms. The minimum atomic E-state index is -0.127. The maximum Gasteiger partial charge on any atom is 0.234 e. The third kappa shape index (κ3) is 4.01. The Bertz CT molecular complexity index is 428. The summed E-state index contributed by atoms with van der Waals surface area (Å²) in [7, 11) is 0. The summed E-state index contributed by atoms with van der Waals surface area (Å²) in [5, 5.41) is 11.0. The van der Waals surface area contributed by atoms with Crippen molar-refractivity contribution < 1.29 is 9.53 Å². The van der Waals surface area contributed by atoms with Gasteiger partial charge < -0.3 is 14.6 Å². The molecule has 20 heavy (non-hydrogen) atoms. The van der Waals surface area contributed by atoms with Gasteiger partial charge in [0, 0.05) is 19.6 Å². The van der Waals surface area contributed by atoms with Crippen LogP contribution < -0.4 is 5.32 Å². The van der Waals surface area contributed by atoms with E-state index in [9.17, 15) is 4.79 Å². The average molecular weight is 281 g/mol. The largest absolute Gasteiger partial charge is 0.379 e. The van der Waals surface area contributed by atoms with Crippen LogP contribution in [0.15, 0.2) is 6.33 Å². The molecule has 1 unspecified atom stereocenters. The van der Waals surface area contributed by atoms with Crippen molar-refractivity contribution in [2.45, 2.75) is 32.9 Å². The van der Waals surface area contributed by atoms with Crippen LogP contribution in [-0.2, 0) is 16.1 Å². The van der Waals surface area contributed by atoms with E-state index in [0.717, 1.165) is 31.9 Å². The van der Waals surface area contributed by atoms with Crippen LogP contribution in [0.1, 0.15) is 32.1 Å². The SMILES string of the molecule is CCCn1cnnc1C(C)NC(=O)CN1CCOCC1. The zero-order chi connectivity index (χ0) is 14.4. The smallest absolute Gasteiger partial charge is 0.234 e. The van der Waals surface area contributed by atoms with Crippen molar-refractivity contribution in [3.05, 3.63) is 12.2 Å². The highest BCUT2D eigenvalue weighted by atomic mass is 16.5. The van der Waals surface area contributed by atoms with Gasteiger partial charge in [0.1, 0.15) is 6.33 Å². The van der Waals surface area contributed by atoms with E-state index < -0.39 is 0 Å². The fourth-order valence-electron chi connectivity index (χ4n) is 2.33. The molecule has 2 heterocycles. The summed E-state index contributed by atoms with van der Waals surface area (Å²) in [5.41, 5.74) is 0. The maximum atomic E-state index is 12.0. The van der Waals surface area contributed by atoms with E-state index >= 15 is 0 Å². The number of aryl methyl sites for hydroxylation is 1. The van der Waals surface area contributed by atoms with Gasteiger partial charge in [0.2, 0.25) is 5.91 Å². The van der Waals surface area contributed by atoms with Crippen molar-refractivity contribution in [2.75, 3.05) is 32.8 Å². The van der Waals surface area contributed by atoms with E-state index in [4.69, 9.17) is 4.74 Å². The standard InChI is InChI=1S/C13H23N5O2/c1-3-4-18-10-14-16-13(18)11(2)15-12(19)9-17-5-7-20-8-6-17/h10-11H,3-9H2,1-2H3,(H,15,19). The Labute approximate surface area is 119 Å². The van der Waals surface area contributed by atoms with Gasteiger partial charge in [-0.2, -0.15) is 0 Å². The molecule has 0 aromatic carbocycles. The lowest BCUT2D eigenvalue weighted by Crippen LogP contribution is -2.43. The van der Waals surface area contributed by atoms with E-state index in [1.807, 2.05) is 11.5 Å². The number of ether oxygens (including phenoxy) is 1. The number of carbonyl (C=O) groups excluding carboxylic acids is 1. The Kier molecular flexibility index (Phi) is 5.49. The molecule has 0 radical (unpaired) electrons. The van der Waals surface area contributed by atoms with E-state index in [0.29, 0.717) is 19.8 Å². The second-order valence-corrected chi connectivity index (χ2v) is 5.06. The minimum absolute atomic E-state index is 0.0189. The number of rotatable bonds is 6. The Morgan fingerprint density at radius 2 is 2.25 bits per heavy atom. The fourth-order valence-corrected chi connectivity index (χ4v) is 2.33. The lowest BCUT2D eigenvalue weighted by Gasteiger charge is -2.26. The van der Waals surface area contributed by atoms with Crippen molar-refractivity contribution in [3.8, 4) is 0 Å². The van der Waals surface area contributed by atoms with Gasteiger partial charge in [-0.3, -0.25) is 9.69 Å². The summed E-state index contributed by atoms with van der Waals surface area (Å²) in [6.45, 7) is 8.35. The molecule has 1 aliphatic heterocycles. The number of hydrogen-bond donors (Lipinski definition) is 1. The van der Waals surface area contributed by atoms with E-state index in [1.54, 1.807) is 6.33 Å². The molecule has 2 rings (SSSR count). The van der Waals surface area contributed by atoms with Gasteiger partial charge in [-0.1, -0.05) is 6.92 Å². The van der Waals surface area contributed by atoms with E-state index in [-0.39, 0.29) is 11.9 Å². The first-order chi connectivity index (χ1) is 9.70. The highest BCUT2D eigenvalue weighted by Gasteiger charge is 2.18. The van der Waals surface area contributed by atoms with E-state index in [1.165, 1.54) is 0 Å². The van der Waals surface area contributed by atoms with Crippen molar-refractivity contribution in [1.29, 1.82) is 0 Å². The van der Waals surface area contributed by atoms with Gasteiger partial charge in [-0.25, -0.2) is 0 Å². The molecule has 1 atom stereocenters. The first-order valence-corrected chi connectivity index (χ1v) is 7.18. The third-order valence-corrected chi connectivity index (χ3v) is 3.35. The van der Waals surface area contributed by atoms with Crippen LogP contribution in [0.5, 0.6) is 0 Å². The highest BCUT2D eigenvalue weighted by molar-refractivity contribution is 5.78. The van der Waals surface area contributed by atoms with Gasteiger partial charge in [0.15, 0.2) is 5.82 Å². The summed E-state index contributed by atoms with van der Waals surface area (Å²) in [6.07, 6.45) is 2.73. The predicted molar refractivity (Wildman–Crippen MR) is 74.1 cm³/mol. The summed E-state index contributed by atoms with van der Waals surface area (Å²) >= 11 is 0. The third-order valence-electron chi connectivity index (χ3n) is 3.35. The lowest BCUT2D eigenvalue weighted by atomic mass is 10.3. The molecule has 112 valence electrons. The fraction of sp³-hybridized carbons (Fsp3) is 0.769. The van der Waals surface area contributed by atoms with Gasteiger partial charge in [-0.15, -0.1) is 10.2 Å². The molecule has 1 amide bonds. The molecular weight excluding hydrogens is 258 g/mol. The van der Waals surface area contributed by atoms with Crippen LogP contribution >= 0.6 is 0 Å². The zero-order valence-electron chi connectivity index (χ0n) is 12.2. The normalized spacial score (nSPS) is 17.9. The number of nitrogens with one attached hydrogen (secondary N) is 1. The van der Waals surface area contributed by atoms with Crippen molar-refractivity contribution in [2.24, 2.45) is 0 Å². The number of hydrogen-bond acceptors (Lipinski definition) is 5. The number of carbonyl (C=O) groups is 1. The molecule has 1 saturated heterocycles. The number of morpholine rings is 1. The highest BCUT2D eigenvalue weighted by Crippen LogP contribution is 2.09. The Morgan fingerprint density at radius 3 is 2.95 bits per heavy atom. The number of amides is 1. The quantitative estimate of drug-likeness (QED) is 0.806. The number of aromatic nitrogens is 3. The van der Waals surface area contributed by atoms with Crippen LogP contribution in [-0.4, -0.2) is 58.4 Å². The molecule has 0 spiro atoms. The molecule has 0 aliphatic carbocycles. The van der Waals surface area contributed by atoms with Crippen LogP contribution in [0, 0.1) is 0 Å². The molecule has 1 N–H and O–H groups in total. The van der Waals surface area contributed by atoms with Crippen LogP contribution in [0.3, 0.4) is 0 Å². The second kappa shape index (κ2) is 7.35. The van der Waals surface area contributed by atoms with Crippen molar-refractivity contribution in [1.82, 2.24) is 25.0 Å². The first-order valence-electron chi connectivity index (χ1n) is 7.18. The summed E-state index contributed by atoms with van der Waals surface area (Å²) < 4.78 is 7.25. The number of nitrogens with zero attached hydrogens (tertiary/aromatic N) is 4.